The van der Waals surface area contributed by atoms with Crippen molar-refractivity contribution in [2.45, 2.75) is 20.1 Å². The van der Waals surface area contributed by atoms with E-state index in [9.17, 15) is 9.18 Å². The van der Waals surface area contributed by atoms with Gasteiger partial charge in [-0.2, -0.15) is 5.10 Å². The van der Waals surface area contributed by atoms with E-state index in [1.165, 1.54) is 18.2 Å². The van der Waals surface area contributed by atoms with Gasteiger partial charge in [-0.3, -0.25) is 4.68 Å². The van der Waals surface area contributed by atoms with Gasteiger partial charge in [0.05, 0.1) is 13.7 Å². The lowest BCUT2D eigenvalue weighted by atomic mass is 10.1. The van der Waals surface area contributed by atoms with Gasteiger partial charge in [0, 0.05) is 11.3 Å². The van der Waals surface area contributed by atoms with Crippen molar-refractivity contribution in [3.05, 3.63) is 76.9 Å². The normalized spacial score (nSPS) is 10.6. The number of hydrogen-bond donors (Lipinski definition) is 1. The molecule has 0 radical (unpaired) electrons. The monoisotopic (exact) mass is 370 g/mol. The highest BCUT2D eigenvalue weighted by Gasteiger charge is 2.13. The average Bonchev–Trinajstić information content (AvgIpc) is 3.03. The zero-order chi connectivity index (χ0) is 19.4. The molecule has 0 unspecified atom stereocenters. The van der Waals surface area contributed by atoms with E-state index >= 15 is 0 Å². The number of carboxylic acids is 1. The first-order valence-electron chi connectivity index (χ1n) is 8.28. The molecule has 140 valence electrons. The predicted molar refractivity (Wildman–Crippen MR) is 96.8 cm³/mol. The van der Waals surface area contributed by atoms with Crippen LogP contribution >= 0.6 is 0 Å². The van der Waals surface area contributed by atoms with Gasteiger partial charge >= 0.3 is 5.97 Å². The molecule has 3 rings (SSSR count). The fourth-order valence-corrected chi connectivity index (χ4v) is 2.62. The molecule has 0 aliphatic heterocycles. The molecular formula is C20H19FN2O4. The molecule has 1 heterocycles. The van der Waals surface area contributed by atoms with Crippen LogP contribution in [0.25, 0.3) is 0 Å². The predicted octanol–water partition coefficient (Wildman–Crippen LogP) is 3.66. The number of methoxy groups -OCH3 is 1. The van der Waals surface area contributed by atoms with E-state index < -0.39 is 5.97 Å². The minimum atomic E-state index is -1.07. The lowest BCUT2D eigenvalue weighted by molar-refractivity contribution is 0.0689. The van der Waals surface area contributed by atoms with E-state index in [-0.39, 0.29) is 18.1 Å². The van der Waals surface area contributed by atoms with Crippen molar-refractivity contribution in [1.82, 2.24) is 9.78 Å². The quantitative estimate of drug-likeness (QED) is 0.687. The summed E-state index contributed by atoms with van der Waals surface area (Å²) in [5.41, 5.74) is 2.34. The molecule has 7 heteroatoms. The molecule has 6 nitrogen and oxygen atoms in total. The van der Waals surface area contributed by atoms with E-state index in [2.05, 4.69) is 5.10 Å². The summed E-state index contributed by atoms with van der Waals surface area (Å²) in [5, 5.41) is 13.2. The Morgan fingerprint density at radius 3 is 2.56 bits per heavy atom. The second-order valence-electron chi connectivity index (χ2n) is 6.02. The molecule has 0 amide bonds. The van der Waals surface area contributed by atoms with Gasteiger partial charge in [0.25, 0.3) is 0 Å². The Hall–Kier alpha value is -3.35. The molecule has 0 atom stereocenters. The van der Waals surface area contributed by atoms with E-state index in [0.717, 1.165) is 16.8 Å². The zero-order valence-electron chi connectivity index (χ0n) is 15.0. The number of ether oxygens (including phenoxy) is 2. The summed E-state index contributed by atoms with van der Waals surface area (Å²) in [7, 11) is 1.57. The molecule has 1 aromatic heterocycles. The fraction of sp³-hybridized carbons (Fsp3) is 0.200. The van der Waals surface area contributed by atoms with Crippen molar-refractivity contribution in [3.8, 4) is 11.5 Å². The largest absolute Gasteiger partial charge is 0.497 e. The van der Waals surface area contributed by atoms with Crippen LogP contribution < -0.4 is 9.47 Å². The minimum absolute atomic E-state index is 0.0100. The molecule has 0 spiro atoms. The van der Waals surface area contributed by atoms with Gasteiger partial charge in [0.2, 0.25) is 0 Å². The van der Waals surface area contributed by atoms with E-state index in [1.807, 2.05) is 6.07 Å². The van der Waals surface area contributed by atoms with Crippen LogP contribution in [-0.4, -0.2) is 28.0 Å². The Bertz CT molecular complexity index is 951. The molecule has 3 aromatic rings. The lowest BCUT2D eigenvalue weighted by Gasteiger charge is -2.14. The van der Waals surface area contributed by atoms with Gasteiger partial charge in [0.15, 0.2) is 5.69 Å². The summed E-state index contributed by atoms with van der Waals surface area (Å²) in [6.07, 6.45) is 0. The number of halogens is 1. The first kappa shape index (κ1) is 18.4. The van der Waals surface area contributed by atoms with Crippen LogP contribution in [0, 0.1) is 12.7 Å². The molecule has 0 aliphatic rings. The number of aryl methyl sites for hydroxylation is 1. The number of nitrogens with zero attached hydrogens (tertiary/aromatic N) is 2. The van der Waals surface area contributed by atoms with E-state index in [0.29, 0.717) is 18.0 Å². The number of aromatic carboxylic acids is 1. The fourth-order valence-electron chi connectivity index (χ4n) is 2.62. The molecule has 0 saturated heterocycles. The summed E-state index contributed by atoms with van der Waals surface area (Å²) < 4.78 is 25.8. The average molecular weight is 370 g/mol. The van der Waals surface area contributed by atoms with Gasteiger partial charge in [-0.25, -0.2) is 9.18 Å². The molecule has 1 N–H and O–H groups in total. The van der Waals surface area contributed by atoms with Crippen LogP contribution in [0.5, 0.6) is 11.5 Å². The standard InChI is InChI=1S/C20H19FN2O4/c1-13-9-18(20(24)25)22-23(13)11-15-10-17(26-2)7-8-19(15)27-12-14-3-5-16(21)6-4-14/h3-10H,11-12H2,1-2H3,(H,24,25). The van der Waals surface area contributed by atoms with E-state index in [4.69, 9.17) is 14.6 Å². The third-order valence-electron chi connectivity index (χ3n) is 4.10. The highest BCUT2D eigenvalue weighted by Crippen LogP contribution is 2.26. The van der Waals surface area contributed by atoms with Gasteiger partial charge < -0.3 is 14.6 Å². The number of aromatic nitrogens is 2. The van der Waals surface area contributed by atoms with Crippen molar-refractivity contribution < 1.29 is 23.8 Å². The van der Waals surface area contributed by atoms with Crippen LogP contribution in [0.3, 0.4) is 0 Å². The van der Waals surface area contributed by atoms with Crippen molar-refractivity contribution in [2.24, 2.45) is 0 Å². The van der Waals surface area contributed by atoms with Crippen LogP contribution in [0.2, 0.25) is 0 Å². The van der Waals surface area contributed by atoms with Crippen molar-refractivity contribution in [1.29, 1.82) is 0 Å². The Morgan fingerprint density at radius 2 is 1.93 bits per heavy atom. The second kappa shape index (κ2) is 7.90. The minimum Gasteiger partial charge on any atom is -0.497 e. The van der Waals surface area contributed by atoms with Gasteiger partial charge in [0.1, 0.15) is 23.9 Å². The Balaban J connectivity index is 1.84. The molecule has 0 bridgehead atoms. The first-order chi connectivity index (χ1) is 13.0. The van der Waals surface area contributed by atoms with E-state index in [1.54, 1.807) is 43.0 Å². The van der Waals surface area contributed by atoms with Crippen LogP contribution in [0.15, 0.2) is 48.5 Å². The molecule has 0 saturated carbocycles. The maximum Gasteiger partial charge on any atom is 0.356 e. The van der Waals surface area contributed by atoms with Crippen molar-refractivity contribution >= 4 is 5.97 Å². The maximum atomic E-state index is 13.0. The summed E-state index contributed by atoms with van der Waals surface area (Å²) >= 11 is 0. The topological polar surface area (TPSA) is 73.6 Å². The number of carbonyl (C=O) groups is 1. The number of carboxylic acid groups (broad SMARTS) is 1. The smallest absolute Gasteiger partial charge is 0.356 e. The number of rotatable bonds is 7. The zero-order valence-corrected chi connectivity index (χ0v) is 15.0. The Kier molecular flexibility index (Phi) is 5.40. The molecule has 27 heavy (non-hydrogen) atoms. The lowest BCUT2D eigenvalue weighted by Crippen LogP contribution is -2.08. The Labute approximate surface area is 155 Å². The summed E-state index contributed by atoms with van der Waals surface area (Å²) in [6.45, 7) is 2.39. The second-order valence-corrected chi connectivity index (χ2v) is 6.02. The van der Waals surface area contributed by atoms with Crippen molar-refractivity contribution in [3.63, 3.8) is 0 Å². The highest BCUT2D eigenvalue weighted by atomic mass is 19.1. The van der Waals surface area contributed by atoms with Crippen molar-refractivity contribution in [2.75, 3.05) is 7.11 Å². The molecular weight excluding hydrogens is 351 g/mol. The maximum absolute atomic E-state index is 13.0. The summed E-state index contributed by atoms with van der Waals surface area (Å²) in [4.78, 5) is 11.1. The summed E-state index contributed by atoms with van der Waals surface area (Å²) in [6, 6.07) is 13.0. The highest BCUT2D eigenvalue weighted by molar-refractivity contribution is 5.85. The molecule has 2 aromatic carbocycles. The summed E-state index contributed by atoms with van der Waals surface area (Å²) in [5.74, 6) is -0.100. The molecule has 0 fully saturated rings. The van der Waals surface area contributed by atoms with Gasteiger partial charge in [-0.1, -0.05) is 12.1 Å². The Morgan fingerprint density at radius 1 is 1.19 bits per heavy atom. The number of benzene rings is 2. The van der Waals surface area contributed by atoms with Gasteiger partial charge in [-0.05, 0) is 48.9 Å². The van der Waals surface area contributed by atoms with Crippen LogP contribution in [0.1, 0.15) is 27.3 Å². The molecule has 0 aliphatic carbocycles. The third-order valence-corrected chi connectivity index (χ3v) is 4.10. The van der Waals surface area contributed by atoms with Crippen LogP contribution in [-0.2, 0) is 13.2 Å². The van der Waals surface area contributed by atoms with Crippen LogP contribution in [0.4, 0.5) is 4.39 Å². The third kappa shape index (κ3) is 4.44. The van der Waals surface area contributed by atoms with Gasteiger partial charge in [-0.15, -0.1) is 0 Å². The first-order valence-corrected chi connectivity index (χ1v) is 8.28. The number of hydrogen-bond acceptors (Lipinski definition) is 4. The SMILES string of the molecule is COc1ccc(OCc2ccc(F)cc2)c(Cn2nc(C(=O)O)cc2C)c1.